The molecule has 150 valence electrons. The third kappa shape index (κ3) is 3.42. The lowest BCUT2D eigenvalue weighted by atomic mass is 9.87. The van der Waals surface area contributed by atoms with Crippen LogP contribution in [0.15, 0.2) is 48.5 Å². The predicted molar refractivity (Wildman–Crippen MR) is 106 cm³/mol. The fourth-order valence-corrected chi connectivity index (χ4v) is 4.25. The number of imide groups is 1. The summed E-state index contributed by atoms with van der Waals surface area (Å²) in [6.45, 7) is 2.85. The first-order chi connectivity index (χ1) is 14.1. The van der Waals surface area contributed by atoms with Crippen molar-refractivity contribution in [2.24, 2.45) is 0 Å². The lowest BCUT2D eigenvalue weighted by Crippen LogP contribution is -2.54. The molecule has 2 aromatic carbocycles. The van der Waals surface area contributed by atoms with Gasteiger partial charge in [0.2, 0.25) is 0 Å². The van der Waals surface area contributed by atoms with E-state index in [0.717, 1.165) is 36.7 Å². The molecule has 0 aromatic heterocycles. The number of fused-ring (bicyclic) bond motifs is 1. The Labute approximate surface area is 169 Å². The van der Waals surface area contributed by atoms with Crippen LogP contribution in [0.3, 0.4) is 0 Å². The Morgan fingerprint density at radius 3 is 2.41 bits per heavy atom. The number of urea groups is 1. The molecular formula is C22H23N3O4. The van der Waals surface area contributed by atoms with E-state index < -0.39 is 5.54 Å². The van der Waals surface area contributed by atoms with E-state index in [0.29, 0.717) is 19.4 Å². The zero-order valence-corrected chi connectivity index (χ0v) is 16.0. The first kappa shape index (κ1) is 18.0. The fraction of sp³-hybridized carbons (Fsp3) is 0.364. The van der Waals surface area contributed by atoms with Gasteiger partial charge in [0, 0.05) is 19.6 Å². The molecule has 0 radical (unpaired) electrons. The molecule has 3 amide bonds. The number of hydrogen-bond donors (Lipinski definition) is 2. The average Bonchev–Trinajstić information content (AvgIpc) is 3.02. The van der Waals surface area contributed by atoms with Gasteiger partial charge in [-0.25, -0.2) is 4.79 Å². The maximum Gasteiger partial charge on any atom is 0.322 e. The molecule has 0 aliphatic carbocycles. The van der Waals surface area contributed by atoms with Crippen LogP contribution in [0, 0.1) is 0 Å². The van der Waals surface area contributed by atoms with Crippen LogP contribution in [0.1, 0.15) is 30.1 Å². The Morgan fingerprint density at radius 2 is 1.72 bits per heavy atom. The second kappa shape index (κ2) is 7.08. The first-order valence-electron chi connectivity index (χ1n) is 9.95. The molecule has 5 rings (SSSR count). The number of para-hydroxylation sites is 2. The summed E-state index contributed by atoms with van der Waals surface area (Å²) in [4.78, 5) is 25.8. The molecule has 0 bridgehead atoms. The van der Waals surface area contributed by atoms with E-state index in [1.807, 2.05) is 24.3 Å². The minimum Gasteiger partial charge on any atom is -0.485 e. The molecule has 0 saturated carbocycles. The van der Waals surface area contributed by atoms with Gasteiger partial charge < -0.3 is 14.8 Å². The van der Waals surface area contributed by atoms with Crippen molar-refractivity contribution in [1.29, 1.82) is 0 Å². The largest absolute Gasteiger partial charge is 0.485 e. The lowest BCUT2D eigenvalue weighted by molar-refractivity contribution is -0.125. The molecule has 7 nitrogen and oxygen atoms in total. The zero-order valence-electron chi connectivity index (χ0n) is 16.0. The molecular weight excluding hydrogens is 370 g/mol. The van der Waals surface area contributed by atoms with Crippen molar-refractivity contribution in [3.05, 3.63) is 59.7 Å². The molecule has 2 N–H and O–H groups in total. The number of carbonyl (C=O) groups excluding carboxylic acids is 2. The molecule has 7 heteroatoms. The molecule has 1 atom stereocenters. The fourth-order valence-electron chi connectivity index (χ4n) is 4.25. The summed E-state index contributed by atoms with van der Waals surface area (Å²) in [6, 6.07) is 15.8. The van der Waals surface area contributed by atoms with Crippen LogP contribution in [0.25, 0.3) is 0 Å². The molecule has 2 aromatic rings. The third-order valence-electron chi connectivity index (χ3n) is 5.99. The molecule has 2 saturated heterocycles. The van der Waals surface area contributed by atoms with Crippen molar-refractivity contribution in [1.82, 2.24) is 15.5 Å². The van der Waals surface area contributed by atoms with Crippen LogP contribution >= 0.6 is 0 Å². The van der Waals surface area contributed by atoms with Crippen LogP contribution in [-0.2, 0) is 11.3 Å². The number of nitrogens with one attached hydrogen (secondary N) is 2. The van der Waals surface area contributed by atoms with Gasteiger partial charge in [-0.05, 0) is 36.1 Å². The van der Waals surface area contributed by atoms with E-state index in [1.54, 1.807) is 0 Å². The number of amides is 3. The molecule has 2 fully saturated rings. The summed E-state index contributed by atoms with van der Waals surface area (Å²) in [5.41, 5.74) is 1.58. The highest BCUT2D eigenvalue weighted by Crippen LogP contribution is 2.36. The van der Waals surface area contributed by atoms with Gasteiger partial charge in [-0.1, -0.05) is 36.4 Å². The van der Waals surface area contributed by atoms with E-state index in [2.05, 4.69) is 39.8 Å². The summed E-state index contributed by atoms with van der Waals surface area (Å²) >= 11 is 0. The number of ether oxygens (including phenoxy) is 2. The minimum absolute atomic E-state index is 0.113. The highest BCUT2D eigenvalue weighted by molar-refractivity contribution is 6.07. The number of carbonyl (C=O) groups is 2. The van der Waals surface area contributed by atoms with Crippen molar-refractivity contribution >= 4 is 11.9 Å². The quantitative estimate of drug-likeness (QED) is 0.783. The molecule has 3 aliphatic heterocycles. The molecule has 1 unspecified atom stereocenters. The van der Waals surface area contributed by atoms with Crippen LogP contribution in [0.5, 0.6) is 11.5 Å². The van der Waals surface area contributed by atoms with E-state index in [9.17, 15) is 9.59 Å². The number of likely N-dealkylation sites (tertiary alicyclic amines) is 1. The van der Waals surface area contributed by atoms with Crippen molar-refractivity contribution in [3.8, 4) is 11.5 Å². The third-order valence-corrected chi connectivity index (χ3v) is 5.99. The molecule has 3 aliphatic rings. The number of piperidine rings is 1. The van der Waals surface area contributed by atoms with Crippen molar-refractivity contribution in [3.63, 3.8) is 0 Å². The Kier molecular flexibility index (Phi) is 4.39. The van der Waals surface area contributed by atoms with Gasteiger partial charge in [-0.15, -0.1) is 0 Å². The van der Waals surface area contributed by atoms with E-state index in [4.69, 9.17) is 9.47 Å². The maximum absolute atomic E-state index is 12.1. The lowest BCUT2D eigenvalue weighted by Gasteiger charge is -2.37. The van der Waals surface area contributed by atoms with Crippen LogP contribution in [0.2, 0.25) is 0 Å². The van der Waals surface area contributed by atoms with Gasteiger partial charge in [0.15, 0.2) is 17.6 Å². The number of rotatable bonds is 3. The molecule has 3 heterocycles. The monoisotopic (exact) mass is 393 g/mol. The van der Waals surface area contributed by atoms with Crippen molar-refractivity contribution < 1.29 is 19.1 Å². The summed E-state index contributed by atoms with van der Waals surface area (Å²) in [5, 5.41) is 5.16. The standard InChI is InChI=1S/C22H23N3O4/c26-20-22(24-21(27)23-20)9-11-25(12-10-22)13-15-5-7-16(8-6-15)19-14-28-17-3-1-2-4-18(17)29-19/h1-8,19H,9-14H2,(H2,23,24,26,27). The zero-order chi connectivity index (χ0) is 19.8. The Balaban J connectivity index is 1.19. The van der Waals surface area contributed by atoms with Crippen molar-refractivity contribution in [2.45, 2.75) is 31.0 Å². The van der Waals surface area contributed by atoms with E-state index in [-0.39, 0.29) is 18.0 Å². The summed E-state index contributed by atoms with van der Waals surface area (Å²) in [7, 11) is 0. The topological polar surface area (TPSA) is 79.9 Å². The first-order valence-corrected chi connectivity index (χ1v) is 9.95. The Hall–Kier alpha value is -3.06. The summed E-state index contributed by atoms with van der Waals surface area (Å²) in [5.74, 6) is 1.37. The average molecular weight is 393 g/mol. The van der Waals surface area contributed by atoms with Crippen LogP contribution < -0.4 is 20.1 Å². The highest BCUT2D eigenvalue weighted by Gasteiger charge is 2.47. The van der Waals surface area contributed by atoms with Gasteiger partial charge in [-0.3, -0.25) is 15.0 Å². The van der Waals surface area contributed by atoms with Crippen molar-refractivity contribution in [2.75, 3.05) is 19.7 Å². The van der Waals surface area contributed by atoms with Crippen LogP contribution in [-0.4, -0.2) is 42.1 Å². The second-order valence-electron chi connectivity index (χ2n) is 7.87. The highest BCUT2D eigenvalue weighted by atomic mass is 16.6. The Morgan fingerprint density at radius 1 is 1.00 bits per heavy atom. The minimum atomic E-state index is -0.716. The van der Waals surface area contributed by atoms with Gasteiger partial charge in [0.25, 0.3) is 5.91 Å². The van der Waals surface area contributed by atoms with Gasteiger partial charge in [0.05, 0.1) is 0 Å². The van der Waals surface area contributed by atoms with E-state index in [1.165, 1.54) is 5.56 Å². The van der Waals surface area contributed by atoms with Gasteiger partial charge in [0.1, 0.15) is 12.1 Å². The maximum atomic E-state index is 12.1. The van der Waals surface area contributed by atoms with Gasteiger partial charge >= 0.3 is 6.03 Å². The van der Waals surface area contributed by atoms with Gasteiger partial charge in [-0.2, -0.15) is 0 Å². The smallest absolute Gasteiger partial charge is 0.322 e. The summed E-state index contributed by atoms with van der Waals surface area (Å²) in [6.07, 6.45) is 1.16. The molecule has 1 spiro atoms. The number of benzene rings is 2. The van der Waals surface area contributed by atoms with E-state index >= 15 is 0 Å². The Bertz CT molecular complexity index is 935. The summed E-state index contributed by atoms with van der Waals surface area (Å²) < 4.78 is 11.9. The van der Waals surface area contributed by atoms with Crippen LogP contribution in [0.4, 0.5) is 4.79 Å². The number of nitrogens with zero attached hydrogens (tertiary/aromatic N) is 1. The predicted octanol–water partition coefficient (Wildman–Crippen LogP) is 2.37. The second-order valence-corrected chi connectivity index (χ2v) is 7.87. The number of hydrogen-bond acceptors (Lipinski definition) is 5. The molecule has 29 heavy (non-hydrogen) atoms. The SMILES string of the molecule is O=C1NC(=O)C2(CCN(Cc3ccc(C4COc5ccccc5O4)cc3)CC2)N1. The normalized spacial score (nSPS) is 23.0.